The molecule has 0 aliphatic rings. The Kier molecular flexibility index (Phi) is 5.76. The van der Waals surface area contributed by atoms with Crippen LogP contribution in [0.1, 0.15) is 11.8 Å². The lowest BCUT2D eigenvalue weighted by Gasteiger charge is -2.16. The molecule has 0 spiro atoms. The van der Waals surface area contributed by atoms with Gasteiger partial charge in [-0.2, -0.15) is 0 Å². The number of hydrogen-bond acceptors (Lipinski definition) is 2. The molecular weight excluding hydrogens is 336 g/mol. The van der Waals surface area contributed by atoms with Crippen LogP contribution in [0.2, 0.25) is 0 Å². The lowest BCUT2D eigenvalue weighted by molar-refractivity contribution is -0.903. The van der Waals surface area contributed by atoms with E-state index in [0.717, 1.165) is 23.2 Å². The van der Waals surface area contributed by atoms with Crippen molar-refractivity contribution in [1.29, 1.82) is 0 Å². The van der Waals surface area contributed by atoms with Crippen LogP contribution < -0.4 is 10.2 Å². The van der Waals surface area contributed by atoms with E-state index in [9.17, 15) is 4.79 Å². The Morgan fingerprint density at radius 3 is 2.65 bits per heavy atom. The maximum absolute atomic E-state index is 12.1. The number of nitrogens with one attached hydrogen (secondary N) is 2. The first-order chi connectivity index (χ1) is 9.67. The first kappa shape index (κ1) is 15.2. The molecule has 20 heavy (non-hydrogen) atoms. The standard InChI is InChI=1S/C15H17BrN2OS/c1-2-18(10-14-4-3-9-20-14)11-15(19)17-13-7-5-12(16)6-8-13/h3-9H,2,10-11H2,1H3,(H,17,19)/p+1. The van der Waals surface area contributed by atoms with Gasteiger partial charge >= 0.3 is 0 Å². The van der Waals surface area contributed by atoms with Crippen LogP contribution in [0.3, 0.4) is 0 Å². The van der Waals surface area contributed by atoms with E-state index >= 15 is 0 Å². The van der Waals surface area contributed by atoms with Gasteiger partial charge < -0.3 is 10.2 Å². The first-order valence-corrected chi connectivity index (χ1v) is 8.26. The van der Waals surface area contributed by atoms with Crippen LogP contribution in [0.25, 0.3) is 0 Å². The number of carbonyl (C=O) groups is 1. The molecular formula is C15H18BrN2OS+. The van der Waals surface area contributed by atoms with Crippen LogP contribution in [-0.2, 0) is 11.3 Å². The van der Waals surface area contributed by atoms with Gasteiger partial charge in [-0.15, -0.1) is 11.3 Å². The Morgan fingerprint density at radius 2 is 2.05 bits per heavy atom. The Labute approximate surface area is 131 Å². The maximum Gasteiger partial charge on any atom is 0.279 e. The topological polar surface area (TPSA) is 33.5 Å². The summed E-state index contributed by atoms with van der Waals surface area (Å²) in [5.41, 5.74) is 0.838. The van der Waals surface area contributed by atoms with Crippen molar-refractivity contribution in [3.05, 3.63) is 51.1 Å². The van der Waals surface area contributed by atoms with Crippen molar-refractivity contribution >= 4 is 38.9 Å². The molecule has 1 unspecified atom stereocenters. The molecule has 0 fully saturated rings. The number of anilines is 1. The minimum absolute atomic E-state index is 0.0562. The highest BCUT2D eigenvalue weighted by Gasteiger charge is 2.13. The molecule has 1 amide bonds. The molecule has 0 aliphatic heterocycles. The van der Waals surface area contributed by atoms with Crippen LogP contribution in [0.5, 0.6) is 0 Å². The summed E-state index contributed by atoms with van der Waals surface area (Å²) >= 11 is 5.12. The third-order valence-corrected chi connectivity index (χ3v) is 4.45. The third kappa shape index (κ3) is 4.74. The van der Waals surface area contributed by atoms with Gasteiger partial charge in [0.15, 0.2) is 6.54 Å². The number of halogens is 1. The van der Waals surface area contributed by atoms with E-state index in [1.54, 1.807) is 11.3 Å². The molecule has 2 N–H and O–H groups in total. The SMILES string of the molecule is CC[NH+](CC(=O)Nc1ccc(Br)cc1)Cc1cccs1. The van der Waals surface area contributed by atoms with Gasteiger partial charge in [-0.1, -0.05) is 22.0 Å². The average molecular weight is 354 g/mol. The number of amides is 1. The average Bonchev–Trinajstić information content (AvgIpc) is 2.93. The van der Waals surface area contributed by atoms with Crippen molar-refractivity contribution in [2.75, 3.05) is 18.4 Å². The van der Waals surface area contributed by atoms with Gasteiger partial charge in [0, 0.05) is 10.2 Å². The monoisotopic (exact) mass is 353 g/mol. The number of hydrogen-bond donors (Lipinski definition) is 2. The highest BCUT2D eigenvalue weighted by molar-refractivity contribution is 9.10. The second-order valence-electron chi connectivity index (χ2n) is 4.59. The third-order valence-electron chi connectivity index (χ3n) is 3.04. The van der Waals surface area contributed by atoms with Crippen molar-refractivity contribution in [2.24, 2.45) is 0 Å². The Hall–Kier alpha value is -1.17. The van der Waals surface area contributed by atoms with Gasteiger partial charge in [-0.25, -0.2) is 0 Å². The van der Waals surface area contributed by atoms with E-state index in [4.69, 9.17) is 0 Å². The fourth-order valence-electron chi connectivity index (χ4n) is 1.94. The van der Waals surface area contributed by atoms with Crippen molar-refractivity contribution < 1.29 is 9.69 Å². The fraction of sp³-hybridized carbons (Fsp3) is 0.267. The summed E-state index contributed by atoms with van der Waals surface area (Å²) in [7, 11) is 0. The van der Waals surface area contributed by atoms with Crippen LogP contribution in [0.4, 0.5) is 5.69 Å². The van der Waals surface area contributed by atoms with Gasteiger partial charge in [-0.3, -0.25) is 4.79 Å². The normalized spacial score (nSPS) is 12.1. The van der Waals surface area contributed by atoms with E-state index in [-0.39, 0.29) is 5.91 Å². The van der Waals surface area contributed by atoms with E-state index in [2.05, 4.69) is 45.7 Å². The summed E-state index contributed by atoms with van der Waals surface area (Å²) in [4.78, 5) is 14.6. The lowest BCUT2D eigenvalue weighted by atomic mass is 10.3. The van der Waals surface area contributed by atoms with E-state index in [0.29, 0.717) is 6.54 Å². The first-order valence-electron chi connectivity index (χ1n) is 6.58. The Morgan fingerprint density at radius 1 is 1.30 bits per heavy atom. The lowest BCUT2D eigenvalue weighted by Crippen LogP contribution is -3.11. The van der Waals surface area contributed by atoms with Crippen molar-refractivity contribution in [3.8, 4) is 0 Å². The van der Waals surface area contributed by atoms with Crippen LogP contribution >= 0.6 is 27.3 Å². The molecule has 1 aromatic carbocycles. The minimum Gasteiger partial charge on any atom is -0.323 e. The summed E-state index contributed by atoms with van der Waals surface area (Å²) in [5.74, 6) is 0.0562. The molecule has 5 heteroatoms. The van der Waals surface area contributed by atoms with Crippen molar-refractivity contribution in [3.63, 3.8) is 0 Å². The number of carbonyl (C=O) groups excluding carboxylic acids is 1. The summed E-state index contributed by atoms with van der Waals surface area (Å²) < 4.78 is 1.01. The van der Waals surface area contributed by atoms with E-state index in [1.807, 2.05) is 24.3 Å². The number of benzene rings is 1. The molecule has 0 radical (unpaired) electrons. The molecule has 2 rings (SSSR count). The molecule has 1 aromatic heterocycles. The van der Waals surface area contributed by atoms with Crippen molar-refractivity contribution in [2.45, 2.75) is 13.5 Å². The van der Waals surface area contributed by atoms with Crippen LogP contribution in [0, 0.1) is 0 Å². The molecule has 0 bridgehead atoms. The quantitative estimate of drug-likeness (QED) is 0.821. The zero-order valence-electron chi connectivity index (χ0n) is 11.4. The highest BCUT2D eigenvalue weighted by atomic mass is 79.9. The second-order valence-corrected chi connectivity index (χ2v) is 6.54. The van der Waals surface area contributed by atoms with Crippen LogP contribution in [-0.4, -0.2) is 19.0 Å². The van der Waals surface area contributed by atoms with Gasteiger partial charge in [-0.05, 0) is 42.6 Å². The molecule has 1 atom stereocenters. The zero-order chi connectivity index (χ0) is 14.4. The van der Waals surface area contributed by atoms with Crippen LogP contribution in [0.15, 0.2) is 46.3 Å². The van der Waals surface area contributed by atoms with Crippen molar-refractivity contribution in [1.82, 2.24) is 0 Å². The fourth-order valence-corrected chi connectivity index (χ4v) is 2.98. The molecule has 0 saturated carbocycles. The van der Waals surface area contributed by atoms with Gasteiger partial charge in [0.05, 0.1) is 11.4 Å². The number of thiophene rings is 1. The predicted molar refractivity (Wildman–Crippen MR) is 87.2 cm³/mol. The smallest absolute Gasteiger partial charge is 0.279 e. The number of quaternary nitrogens is 1. The zero-order valence-corrected chi connectivity index (χ0v) is 13.8. The predicted octanol–water partition coefficient (Wildman–Crippen LogP) is 2.55. The maximum atomic E-state index is 12.1. The number of rotatable bonds is 6. The summed E-state index contributed by atoms with van der Waals surface area (Å²) in [6.45, 7) is 4.44. The van der Waals surface area contributed by atoms with Gasteiger partial charge in [0.1, 0.15) is 6.54 Å². The van der Waals surface area contributed by atoms with Gasteiger partial charge in [0.2, 0.25) is 0 Å². The Balaban J connectivity index is 1.87. The largest absolute Gasteiger partial charge is 0.323 e. The van der Waals surface area contributed by atoms with E-state index in [1.165, 1.54) is 9.78 Å². The molecule has 3 nitrogen and oxygen atoms in total. The summed E-state index contributed by atoms with van der Waals surface area (Å²) in [6.07, 6.45) is 0. The van der Waals surface area contributed by atoms with Gasteiger partial charge in [0.25, 0.3) is 5.91 Å². The molecule has 2 aromatic rings. The summed E-state index contributed by atoms with van der Waals surface area (Å²) in [6, 6.07) is 11.8. The summed E-state index contributed by atoms with van der Waals surface area (Å²) in [5, 5.41) is 5.01. The van der Waals surface area contributed by atoms with E-state index < -0.39 is 0 Å². The molecule has 1 heterocycles. The highest BCUT2D eigenvalue weighted by Crippen LogP contribution is 2.13. The number of likely N-dealkylation sites (N-methyl/N-ethyl adjacent to an activating group) is 1. The molecule has 0 aliphatic carbocycles. The molecule has 0 saturated heterocycles. The molecule has 106 valence electrons. The Bertz CT molecular complexity index is 540. The minimum atomic E-state index is 0.0562. The second kappa shape index (κ2) is 7.57.